The van der Waals surface area contributed by atoms with Crippen molar-refractivity contribution in [3.05, 3.63) is 23.2 Å². The monoisotopic (exact) mass is 441 g/mol. The highest BCUT2D eigenvalue weighted by molar-refractivity contribution is 6.32. The molecule has 2 rings (SSSR count). The molecule has 1 aromatic carbocycles. The second kappa shape index (κ2) is 9.41. The summed E-state index contributed by atoms with van der Waals surface area (Å²) in [5, 5.41) is 6.50. The minimum absolute atomic E-state index is 0.102. The Labute approximate surface area is 168 Å². The minimum Gasteiger partial charge on any atom is -0.404 e. The third-order valence-corrected chi connectivity index (χ3v) is 4.53. The molecule has 0 saturated heterocycles. The summed E-state index contributed by atoms with van der Waals surface area (Å²) in [6, 6.07) is 2.84. The van der Waals surface area contributed by atoms with Gasteiger partial charge >= 0.3 is 12.3 Å². The van der Waals surface area contributed by atoms with Crippen LogP contribution in [0.3, 0.4) is 0 Å². The molecule has 0 heterocycles. The summed E-state index contributed by atoms with van der Waals surface area (Å²) in [6.07, 6.45) is -1.54. The highest BCUT2D eigenvalue weighted by atomic mass is 35.5. The summed E-state index contributed by atoms with van der Waals surface area (Å²) in [7, 11) is 1.00. The molecule has 0 spiro atoms. The van der Waals surface area contributed by atoms with Gasteiger partial charge in [0.15, 0.2) is 0 Å². The summed E-state index contributed by atoms with van der Waals surface area (Å²) in [5.41, 5.74) is -1.75. The normalized spacial score (nSPS) is 17.2. The standard InChI is InChI=1S/C17H13ClF5NO3.CH4O/c1-2-14(26)24(15(10-25)5-7-16(19,20)8-6-15)11-3-4-13(12(18)9-11)27-17(21,22)23;1-2/h1,3-4,9-10H,5-8H2;2H,1H3. The molecule has 1 fully saturated rings. The molecule has 0 aromatic heterocycles. The van der Waals surface area contributed by atoms with E-state index >= 15 is 0 Å². The van der Waals surface area contributed by atoms with Crippen LogP contribution in [0.25, 0.3) is 0 Å². The maximum atomic E-state index is 13.5. The molecule has 0 atom stereocenters. The van der Waals surface area contributed by atoms with Gasteiger partial charge in [-0.25, -0.2) is 8.78 Å². The van der Waals surface area contributed by atoms with E-state index in [4.69, 9.17) is 23.1 Å². The van der Waals surface area contributed by atoms with Crippen molar-refractivity contribution >= 4 is 29.5 Å². The van der Waals surface area contributed by atoms with Crippen LogP contribution < -0.4 is 9.64 Å². The second-order valence-electron chi connectivity index (χ2n) is 6.02. The summed E-state index contributed by atoms with van der Waals surface area (Å²) in [5.74, 6) is -2.92. The number of carbonyl (C=O) groups excluding carboxylic acids is 2. The largest absolute Gasteiger partial charge is 0.573 e. The molecular formula is C18H17ClF5NO4. The molecule has 1 aliphatic rings. The van der Waals surface area contributed by atoms with Crippen LogP contribution in [0.2, 0.25) is 5.02 Å². The summed E-state index contributed by atoms with van der Waals surface area (Å²) < 4.78 is 67.8. The Balaban J connectivity index is 0.00000204. The van der Waals surface area contributed by atoms with Gasteiger partial charge in [-0.3, -0.25) is 9.69 Å². The zero-order valence-corrected chi connectivity index (χ0v) is 15.9. The first-order valence-electron chi connectivity index (χ1n) is 8.08. The molecule has 1 aliphatic carbocycles. The van der Waals surface area contributed by atoms with Gasteiger partial charge in [-0.1, -0.05) is 11.6 Å². The van der Waals surface area contributed by atoms with Gasteiger partial charge in [-0.15, -0.1) is 19.6 Å². The van der Waals surface area contributed by atoms with E-state index in [1.807, 2.05) is 0 Å². The van der Waals surface area contributed by atoms with Gasteiger partial charge in [0.25, 0.3) is 0 Å². The first kappa shape index (κ1) is 24.7. The van der Waals surface area contributed by atoms with E-state index in [2.05, 4.69) is 4.74 Å². The van der Waals surface area contributed by atoms with Gasteiger partial charge in [0, 0.05) is 25.6 Å². The number of aldehydes is 1. The number of anilines is 1. The highest BCUT2D eigenvalue weighted by Crippen LogP contribution is 2.43. The average Bonchev–Trinajstić information content (AvgIpc) is 2.66. The lowest BCUT2D eigenvalue weighted by molar-refractivity contribution is -0.274. The lowest BCUT2D eigenvalue weighted by Gasteiger charge is -2.43. The van der Waals surface area contributed by atoms with Crippen LogP contribution in [0.4, 0.5) is 27.6 Å². The van der Waals surface area contributed by atoms with Crippen LogP contribution in [0.1, 0.15) is 25.7 Å². The van der Waals surface area contributed by atoms with Gasteiger partial charge < -0.3 is 14.6 Å². The number of hydrogen-bond donors (Lipinski definition) is 1. The van der Waals surface area contributed by atoms with Gasteiger partial charge in [-0.2, -0.15) is 0 Å². The van der Waals surface area contributed by atoms with Crippen molar-refractivity contribution in [2.24, 2.45) is 0 Å². The van der Waals surface area contributed by atoms with Crippen LogP contribution in [-0.2, 0) is 9.59 Å². The number of aliphatic hydroxyl groups is 1. The number of hydrogen-bond acceptors (Lipinski definition) is 4. The number of ether oxygens (including phenoxy) is 1. The molecule has 1 N–H and O–H groups in total. The molecule has 0 unspecified atom stereocenters. The Morgan fingerprint density at radius 1 is 1.28 bits per heavy atom. The predicted octanol–water partition coefficient (Wildman–Crippen LogP) is 3.96. The number of rotatable bonds is 4. The van der Waals surface area contributed by atoms with E-state index in [1.54, 1.807) is 5.92 Å². The predicted molar refractivity (Wildman–Crippen MR) is 94.8 cm³/mol. The van der Waals surface area contributed by atoms with E-state index in [0.717, 1.165) is 30.2 Å². The summed E-state index contributed by atoms with van der Waals surface area (Å²) >= 11 is 5.78. The van der Waals surface area contributed by atoms with Crippen molar-refractivity contribution in [3.63, 3.8) is 0 Å². The lowest BCUT2D eigenvalue weighted by Crippen LogP contribution is -2.56. The number of halogens is 6. The molecule has 0 bridgehead atoms. The Morgan fingerprint density at radius 3 is 2.24 bits per heavy atom. The van der Waals surface area contributed by atoms with Crippen LogP contribution >= 0.6 is 11.6 Å². The van der Waals surface area contributed by atoms with Crippen molar-refractivity contribution < 1.29 is 41.4 Å². The Kier molecular flexibility index (Phi) is 8.00. The smallest absolute Gasteiger partial charge is 0.404 e. The summed E-state index contributed by atoms with van der Waals surface area (Å²) in [4.78, 5) is 24.8. The number of benzene rings is 1. The second-order valence-corrected chi connectivity index (χ2v) is 6.43. The van der Waals surface area contributed by atoms with E-state index in [-0.39, 0.29) is 18.5 Å². The van der Waals surface area contributed by atoms with E-state index < -0.39 is 47.3 Å². The van der Waals surface area contributed by atoms with E-state index in [0.29, 0.717) is 6.29 Å². The fourth-order valence-corrected chi connectivity index (χ4v) is 3.13. The fourth-order valence-electron chi connectivity index (χ4n) is 2.92. The van der Waals surface area contributed by atoms with Crippen LogP contribution in [-0.4, -0.2) is 42.2 Å². The molecular weight excluding hydrogens is 425 g/mol. The van der Waals surface area contributed by atoms with Crippen molar-refractivity contribution in [3.8, 4) is 18.1 Å². The minimum atomic E-state index is -4.99. The van der Waals surface area contributed by atoms with Gasteiger partial charge in [0.2, 0.25) is 5.92 Å². The molecule has 1 saturated carbocycles. The third-order valence-electron chi connectivity index (χ3n) is 4.24. The maximum Gasteiger partial charge on any atom is 0.573 e. The Bertz CT molecular complexity index is 781. The molecule has 160 valence electrons. The topological polar surface area (TPSA) is 66.8 Å². The van der Waals surface area contributed by atoms with Crippen molar-refractivity contribution in [2.75, 3.05) is 12.0 Å². The van der Waals surface area contributed by atoms with Crippen LogP contribution in [0.5, 0.6) is 5.75 Å². The fraction of sp³-hybridized carbons (Fsp3) is 0.444. The quantitative estimate of drug-likeness (QED) is 0.436. The molecule has 11 heteroatoms. The SMILES string of the molecule is C#CC(=O)N(c1ccc(OC(F)(F)F)c(Cl)c1)C1(C=O)CCC(F)(F)CC1.CO. The number of alkyl halides is 5. The number of terminal acetylenes is 1. The Morgan fingerprint density at radius 2 is 1.83 bits per heavy atom. The molecule has 5 nitrogen and oxygen atoms in total. The van der Waals surface area contributed by atoms with Crippen molar-refractivity contribution in [1.29, 1.82) is 0 Å². The number of aliphatic hydroxyl groups excluding tert-OH is 1. The maximum absolute atomic E-state index is 13.5. The van der Waals surface area contributed by atoms with Gasteiger partial charge in [0.05, 0.1) is 5.02 Å². The van der Waals surface area contributed by atoms with Crippen molar-refractivity contribution in [2.45, 2.75) is 43.5 Å². The van der Waals surface area contributed by atoms with Gasteiger partial charge in [0.1, 0.15) is 17.6 Å². The molecule has 0 aliphatic heterocycles. The molecule has 1 amide bonds. The number of nitrogens with zero attached hydrogens (tertiary/aromatic N) is 1. The zero-order valence-electron chi connectivity index (χ0n) is 15.1. The van der Waals surface area contributed by atoms with Crippen molar-refractivity contribution in [1.82, 2.24) is 0 Å². The number of carbonyl (C=O) groups is 2. The van der Waals surface area contributed by atoms with Gasteiger partial charge in [-0.05, 0) is 37.0 Å². The molecule has 29 heavy (non-hydrogen) atoms. The van der Waals surface area contributed by atoms with Crippen LogP contribution in [0, 0.1) is 12.3 Å². The first-order chi connectivity index (χ1) is 13.4. The third kappa shape index (κ3) is 6.05. The molecule has 0 radical (unpaired) electrons. The lowest BCUT2D eigenvalue weighted by atomic mass is 9.79. The molecule has 1 aromatic rings. The summed E-state index contributed by atoms with van der Waals surface area (Å²) in [6.45, 7) is 0. The Hall–Kier alpha value is -2.38. The number of amides is 1. The average molecular weight is 442 g/mol. The highest BCUT2D eigenvalue weighted by Gasteiger charge is 2.48. The van der Waals surface area contributed by atoms with Crippen LogP contribution in [0.15, 0.2) is 18.2 Å². The van der Waals surface area contributed by atoms with E-state index in [1.165, 1.54) is 0 Å². The zero-order chi connectivity index (χ0) is 22.5. The first-order valence-corrected chi connectivity index (χ1v) is 8.46. The van der Waals surface area contributed by atoms with E-state index in [9.17, 15) is 31.5 Å².